The lowest BCUT2D eigenvalue weighted by Crippen LogP contribution is -2.15. The summed E-state index contributed by atoms with van der Waals surface area (Å²) in [5.74, 6) is 1.86. The number of aromatic nitrogens is 3. The van der Waals surface area contributed by atoms with Gasteiger partial charge in [-0.15, -0.1) is 0 Å². The Hall–Kier alpha value is -2.40. The number of nitrogens with one attached hydrogen (secondary N) is 1. The van der Waals surface area contributed by atoms with E-state index in [0.717, 1.165) is 29.3 Å². The molecule has 1 N–H and O–H groups in total. The van der Waals surface area contributed by atoms with Gasteiger partial charge in [-0.2, -0.15) is 0 Å². The first-order valence-corrected chi connectivity index (χ1v) is 6.88. The second-order valence-electron chi connectivity index (χ2n) is 4.88. The van der Waals surface area contributed by atoms with E-state index in [1.165, 1.54) is 5.56 Å². The molecule has 3 aromatic rings. The smallest absolute Gasteiger partial charge is 0.159 e. The van der Waals surface area contributed by atoms with E-state index in [0.29, 0.717) is 6.54 Å². The maximum Gasteiger partial charge on any atom is 0.159 e. The number of methoxy groups -OCH3 is 1. The van der Waals surface area contributed by atoms with Crippen LogP contribution in [-0.2, 0) is 20.1 Å². The van der Waals surface area contributed by atoms with Crippen molar-refractivity contribution in [3.8, 4) is 5.75 Å². The van der Waals surface area contributed by atoms with Gasteiger partial charge in [-0.25, -0.2) is 9.97 Å². The van der Waals surface area contributed by atoms with Gasteiger partial charge in [0.15, 0.2) is 5.65 Å². The number of pyridine rings is 1. The molecule has 3 rings (SSSR count). The third-order valence-electron chi connectivity index (χ3n) is 3.49. The Morgan fingerprint density at radius 1 is 1.14 bits per heavy atom. The number of benzene rings is 1. The van der Waals surface area contributed by atoms with Crippen molar-refractivity contribution >= 4 is 11.2 Å². The molecule has 2 aromatic heterocycles. The molecular weight excluding hydrogens is 264 g/mol. The number of hydrogen-bond acceptors (Lipinski definition) is 4. The molecule has 0 radical (unpaired) electrons. The summed E-state index contributed by atoms with van der Waals surface area (Å²) in [6.45, 7) is 1.50. The molecule has 1 aromatic carbocycles. The molecule has 2 heterocycles. The average molecular weight is 282 g/mol. The van der Waals surface area contributed by atoms with E-state index in [-0.39, 0.29) is 0 Å². The quantitative estimate of drug-likeness (QED) is 0.780. The summed E-state index contributed by atoms with van der Waals surface area (Å²) in [6.07, 6.45) is 1.79. The van der Waals surface area contributed by atoms with Crippen LogP contribution in [0.4, 0.5) is 0 Å². The van der Waals surface area contributed by atoms with Crippen LogP contribution < -0.4 is 10.1 Å². The van der Waals surface area contributed by atoms with Gasteiger partial charge in [0.1, 0.15) is 17.1 Å². The van der Waals surface area contributed by atoms with Crippen molar-refractivity contribution in [3.63, 3.8) is 0 Å². The predicted octanol–water partition coefficient (Wildman–Crippen LogP) is 2.27. The number of fused-ring (bicyclic) bond motifs is 1. The number of aryl methyl sites for hydroxylation is 1. The van der Waals surface area contributed by atoms with Crippen LogP contribution in [-0.4, -0.2) is 21.6 Å². The highest BCUT2D eigenvalue weighted by atomic mass is 16.5. The summed E-state index contributed by atoms with van der Waals surface area (Å²) < 4.78 is 7.18. The van der Waals surface area contributed by atoms with Crippen LogP contribution in [0.1, 0.15) is 11.4 Å². The minimum Gasteiger partial charge on any atom is -0.497 e. The summed E-state index contributed by atoms with van der Waals surface area (Å²) in [7, 11) is 3.67. The molecule has 0 aliphatic rings. The molecule has 0 saturated carbocycles. The summed E-state index contributed by atoms with van der Waals surface area (Å²) in [4.78, 5) is 8.93. The second-order valence-corrected chi connectivity index (χ2v) is 4.88. The Kier molecular flexibility index (Phi) is 3.83. The molecule has 0 aliphatic heterocycles. The number of imidazole rings is 1. The Balaban J connectivity index is 1.64. The van der Waals surface area contributed by atoms with Gasteiger partial charge in [0, 0.05) is 19.8 Å². The first kappa shape index (κ1) is 13.6. The Morgan fingerprint density at radius 2 is 1.95 bits per heavy atom. The Labute approximate surface area is 123 Å². The molecule has 108 valence electrons. The highest BCUT2D eigenvalue weighted by molar-refractivity contribution is 5.70. The van der Waals surface area contributed by atoms with Crippen molar-refractivity contribution in [3.05, 3.63) is 54.0 Å². The van der Waals surface area contributed by atoms with Crippen molar-refractivity contribution in [2.24, 2.45) is 7.05 Å². The molecule has 0 spiro atoms. The van der Waals surface area contributed by atoms with Gasteiger partial charge in [0.05, 0.1) is 13.7 Å². The number of nitrogens with zero attached hydrogens (tertiary/aromatic N) is 3. The fourth-order valence-electron chi connectivity index (χ4n) is 2.29. The summed E-state index contributed by atoms with van der Waals surface area (Å²) in [5.41, 5.74) is 3.06. The zero-order chi connectivity index (χ0) is 14.7. The standard InChI is InChI=1S/C16H18N4O/c1-20-15(19-14-4-3-9-18-16(14)20)11-17-10-12-5-7-13(21-2)8-6-12/h3-9,17H,10-11H2,1-2H3. The molecule has 0 aliphatic carbocycles. The predicted molar refractivity (Wildman–Crippen MR) is 82.0 cm³/mol. The largest absolute Gasteiger partial charge is 0.497 e. The molecule has 0 unspecified atom stereocenters. The van der Waals surface area contributed by atoms with Crippen molar-refractivity contribution in [2.75, 3.05) is 7.11 Å². The zero-order valence-electron chi connectivity index (χ0n) is 12.2. The molecule has 5 heteroatoms. The van der Waals surface area contributed by atoms with Crippen molar-refractivity contribution in [1.82, 2.24) is 19.9 Å². The fourth-order valence-corrected chi connectivity index (χ4v) is 2.29. The van der Waals surface area contributed by atoms with E-state index in [2.05, 4.69) is 27.4 Å². The molecule has 0 atom stereocenters. The van der Waals surface area contributed by atoms with Crippen LogP contribution in [0.25, 0.3) is 11.2 Å². The van der Waals surface area contributed by atoms with E-state index in [1.807, 2.05) is 35.9 Å². The molecule has 0 amide bonds. The second kappa shape index (κ2) is 5.93. The first-order valence-electron chi connectivity index (χ1n) is 6.88. The minimum absolute atomic E-state index is 0.707. The lowest BCUT2D eigenvalue weighted by Gasteiger charge is -2.06. The van der Waals surface area contributed by atoms with Gasteiger partial charge in [-0.1, -0.05) is 12.1 Å². The Bertz CT molecular complexity index is 734. The zero-order valence-corrected chi connectivity index (χ0v) is 12.2. The van der Waals surface area contributed by atoms with Gasteiger partial charge in [-0.3, -0.25) is 0 Å². The Morgan fingerprint density at radius 3 is 2.67 bits per heavy atom. The summed E-state index contributed by atoms with van der Waals surface area (Å²) >= 11 is 0. The van der Waals surface area contributed by atoms with Gasteiger partial charge < -0.3 is 14.6 Å². The van der Waals surface area contributed by atoms with Gasteiger partial charge >= 0.3 is 0 Å². The number of hydrogen-bond donors (Lipinski definition) is 1. The van der Waals surface area contributed by atoms with Gasteiger partial charge in [-0.05, 0) is 29.8 Å². The van der Waals surface area contributed by atoms with E-state index < -0.39 is 0 Å². The van der Waals surface area contributed by atoms with Crippen molar-refractivity contribution in [2.45, 2.75) is 13.1 Å². The van der Waals surface area contributed by atoms with Crippen LogP contribution in [0.15, 0.2) is 42.6 Å². The average Bonchev–Trinajstić information content (AvgIpc) is 2.85. The molecule has 21 heavy (non-hydrogen) atoms. The summed E-state index contributed by atoms with van der Waals surface area (Å²) in [6, 6.07) is 11.9. The van der Waals surface area contributed by atoms with Crippen LogP contribution >= 0.6 is 0 Å². The monoisotopic (exact) mass is 282 g/mol. The van der Waals surface area contributed by atoms with Crippen molar-refractivity contribution in [1.29, 1.82) is 0 Å². The molecule has 0 saturated heterocycles. The molecule has 0 fully saturated rings. The van der Waals surface area contributed by atoms with Crippen LogP contribution in [0.3, 0.4) is 0 Å². The van der Waals surface area contributed by atoms with E-state index in [9.17, 15) is 0 Å². The van der Waals surface area contributed by atoms with Gasteiger partial charge in [0.25, 0.3) is 0 Å². The maximum atomic E-state index is 5.15. The van der Waals surface area contributed by atoms with E-state index >= 15 is 0 Å². The van der Waals surface area contributed by atoms with E-state index in [4.69, 9.17) is 4.74 Å². The molecule has 5 nitrogen and oxygen atoms in total. The molecule has 0 bridgehead atoms. The maximum absolute atomic E-state index is 5.15. The van der Waals surface area contributed by atoms with Crippen LogP contribution in [0.2, 0.25) is 0 Å². The lowest BCUT2D eigenvalue weighted by molar-refractivity contribution is 0.414. The highest BCUT2D eigenvalue weighted by Crippen LogP contribution is 2.13. The molecular formula is C16H18N4O. The number of rotatable bonds is 5. The topological polar surface area (TPSA) is 52.0 Å². The number of ether oxygens (including phenoxy) is 1. The van der Waals surface area contributed by atoms with Crippen LogP contribution in [0.5, 0.6) is 5.75 Å². The van der Waals surface area contributed by atoms with Crippen LogP contribution in [0, 0.1) is 0 Å². The highest BCUT2D eigenvalue weighted by Gasteiger charge is 2.07. The minimum atomic E-state index is 0.707. The SMILES string of the molecule is COc1ccc(CNCc2nc3cccnc3n2C)cc1. The first-order chi connectivity index (χ1) is 10.3. The fraction of sp³-hybridized carbons (Fsp3) is 0.250. The summed E-state index contributed by atoms with van der Waals surface area (Å²) in [5, 5.41) is 3.41. The van der Waals surface area contributed by atoms with E-state index in [1.54, 1.807) is 13.3 Å². The lowest BCUT2D eigenvalue weighted by atomic mass is 10.2. The third-order valence-corrected chi connectivity index (χ3v) is 3.49. The normalized spacial score (nSPS) is 11.0. The van der Waals surface area contributed by atoms with Crippen molar-refractivity contribution < 1.29 is 4.74 Å². The third kappa shape index (κ3) is 2.87. The van der Waals surface area contributed by atoms with Gasteiger partial charge in [0.2, 0.25) is 0 Å².